The summed E-state index contributed by atoms with van der Waals surface area (Å²) in [5.41, 5.74) is 0.865. The fourth-order valence-electron chi connectivity index (χ4n) is 3.01. The third kappa shape index (κ3) is 4.46. The first-order valence-electron chi connectivity index (χ1n) is 8.06. The van der Waals surface area contributed by atoms with Crippen LogP contribution >= 0.6 is 0 Å². The van der Waals surface area contributed by atoms with Gasteiger partial charge >= 0.3 is 6.18 Å². The predicted octanol–water partition coefficient (Wildman–Crippen LogP) is 2.27. The van der Waals surface area contributed by atoms with Crippen LogP contribution in [0.15, 0.2) is 12.5 Å². The summed E-state index contributed by atoms with van der Waals surface area (Å²) in [6.45, 7) is 4.69. The maximum Gasteiger partial charge on any atom is 0.408 e. The Hall–Kier alpha value is -2.19. The smallest absolute Gasteiger partial charge is 0.347 e. The SMILES string of the molecule is CC(=O)N1C[C@H](NC(=O)c2cncnc2C(C)C)CC[C@H]1C(F)(F)F. The summed E-state index contributed by atoms with van der Waals surface area (Å²) in [4.78, 5) is 32.8. The molecule has 1 aromatic heterocycles. The molecule has 0 aromatic carbocycles. The lowest BCUT2D eigenvalue weighted by atomic mass is 9.97. The van der Waals surface area contributed by atoms with Gasteiger partial charge in [0.25, 0.3) is 5.91 Å². The molecule has 1 saturated heterocycles. The standard InChI is InChI=1S/C16H21F3N4O2/c1-9(2)14-12(6-20-8-21-14)15(25)22-11-4-5-13(16(17,18)19)23(7-11)10(3)24/h6,8-9,11,13H,4-5,7H2,1-3H3,(H,22,25)/t11-,13+/m1/s1. The molecule has 1 aliphatic heterocycles. The Kier molecular flexibility index (Phi) is 5.64. The number of likely N-dealkylation sites (tertiary alicyclic amines) is 1. The molecule has 1 aliphatic rings. The van der Waals surface area contributed by atoms with Crippen molar-refractivity contribution in [2.24, 2.45) is 0 Å². The van der Waals surface area contributed by atoms with Crippen molar-refractivity contribution >= 4 is 11.8 Å². The molecule has 0 saturated carbocycles. The Bertz CT molecular complexity index is 649. The lowest BCUT2D eigenvalue weighted by molar-refractivity contribution is -0.196. The number of halogens is 3. The number of hydrogen-bond acceptors (Lipinski definition) is 4. The zero-order valence-electron chi connectivity index (χ0n) is 14.3. The summed E-state index contributed by atoms with van der Waals surface area (Å²) < 4.78 is 39.2. The molecular formula is C16H21F3N4O2. The van der Waals surface area contributed by atoms with E-state index in [2.05, 4.69) is 15.3 Å². The Labute approximate surface area is 143 Å². The number of aromatic nitrogens is 2. The molecule has 1 fully saturated rings. The molecule has 138 valence electrons. The molecule has 1 N–H and O–H groups in total. The van der Waals surface area contributed by atoms with Crippen LogP contribution in [-0.2, 0) is 4.79 Å². The quantitative estimate of drug-likeness (QED) is 0.899. The van der Waals surface area contributed by atoms with Crippen LogP contribution in [0, 0.1) is 0 Å². The molecule has 0 radical (unpaired) electrons. The van der Waals surface area contributed by atoms with Gasteiger partial charge in [-0.1, -0.05) is 13.8 Å². The van der Waals surface area contributed by atoms with E-state index in [4.69, 9.17) is 0 Å². The zero-order chi connectivity index (χ0) is 18.8. The number of carbonyl (C=O) groups excluding carboxylic acids is 2. The van der Waals surface area contributed by atoms with E-state index in [1.54, 1.807) is 0 Å². The predicted molar refractivity (Wildman–Crippen MR) is 83.8 cm³/mol. The number of carbonyl (C=O) groups is 2. The van der Waals surface area contributed by atoms with Crippen LogP contribution in [0.4, 0.5) is 13.2 Å². The van der Waals surface area contributed by atoms with Gasteiger partial charge in [0.2, 0.25) is 5.91 Å². The number of piperidine rings is 1. The van der Waals surface area contributed by atoms with Gasteiger partial charge in [0.15, 0.2) is 0 Å². The molecule has 0 spiro atoms. The molecule has 6 nitrogen and oxygen atoms in total. The van der Waals surface area contributed by atoms with Crippen molar-refractivity contribution in [3.63, 3.8) is 0 Å². The molecular weight excluding hydrogens is 337 g/mol. The number of nitrogens with zero attached hydrogens (tertiary/aromatic N) is 3. The van der Waals surface area contributed by atoms with Gasteiger partial charge in [-0.3, -0.25) is 9.59 Å². The lowest BCUT2D eigenvalue weighted by Crippen LogP contribution is -2.57. The van der Waals surface area contributed by atoms with Crippen molar-refractivity contribution in [1.29, 1.82) is 0 Å². The molecule has 2 atom stereocenters. The third-order valence-corrected chi connectivity index (χ3v) is 4.23. The number of nitrogens with one attached hydrogen (secondary N) is 1. The van der Waals surface area contributed by atoms with Crippen LogP contribution in [0.1, 0.15) is 55.6 Å². The topological polar surface area (TPSA) is 75.2 Å². The van der Waals surface area contributed by atoms with Gasteiger partial charge in [0, 0.05) is 25.7 Å². The van der Waals surface area contributed by atoms with Crippen LogP contribution in [0.5, 0.6) is 0 Å². The Morgan fingerprint density at radius 3 is 2.56 bits per heavy atom. The molecule has 2 heterocycles. The minimum Gasteiger partial charge on any atom is -0.347 e. The van der Waals surface area contributed by atoms with E-state index in [1.807, 2.05) is 13.8 Å². The average molecular weight is 358 g/mol. The summed E-state index contributed by atoms with van der Waals surface area (Å²) in [7, 11) is 0. The van der Waals surface area contributed by atoms with Gasteiger partial charge in [0.1, 0.15) is 12.4 Å². The van der Waals surface area contributed by atoms with Gasteiger partial charge in [-0.25, -0.2) is 9.97 Å². The van der Waals surface area contributed by atoms with Crippen LogP contribution in [-0.4, -0.2) is 51.5 Å². The highest BCUT2D eigenvalue weighted by atomic mass is 19.4. The molecule has 1 aromatic rings. The van der Waals surface area contributed by atoms with Crippen molar-refractivity contribution in [2.75, 3.05) is 6.54 Å². The molecule has 25 heavy (non-hydrogen) atoms. The second-order valence-electron chi connectivity index (χ2n) is 6.45. The molecule has 9 heteroatoms. The van der Waals surface area contributed by atoms with E-state index in [-0.39, 0.29) is 25.3 Å². The van der Waals surface area contributed by atoms with E-state index < -0.39 is 30.1 Å². The second kappa shape index (κ2) is 7.37. The van der Waals surface area contributed by atoms with Crippen LogP contribution in [0.3, 0.4) is 0 Å². The van der Waals surface area contributed by atoms with E-state index in [9.17, 15) is 22.8 Å². The van der Waals surface area contributed by atoms with Gasteiger partial charge < -0.3 is 10.2 Å². The van der Waals surface area contributed by atoms with Crippen molar-refractivity contribution < 1.29 is 22.8 Å². The zero-order valence-corrected chi connectivity index (χ0v) is 14.3. The highest BCUT2D eigenvalue weighted by Gasteiger charge is 2.47. The van der Waals surface area contributed by atoms with Crippen LogP contribution < -0.4 is 5.32 Å². The van der Waals surface area contributed by atoms with Gasteiger partial charge in [0.05, 0.1) is 11.3 Å². The Balaban J connectivity index is 2.12. The van der Waals surface area contributed by atoms with E-state index in [0.717, 1.165) is 11.8 Å². The van der Waals surface area contributed by atoms with Gasteiger partial charge in [-0.15, -0.1) is 0 Å². The van der Waals surface area contributed by atoms with Crippen LogP contribution in [0.2, 0.25) is 0 Å². The monoisotopic (exact) mass is 358 g/mol. The first-order chi connectivity index (χ1) is 11.6. The highest BCUT2D eigenvalue weighted by molar-refractivity contribution is 5.95. The lowest BCUT2D eigenvalue weighted by Gasteiger charge is -2.40. The molecule has 2 amide bonds. The first kappa shape index (κ1) is 19.1. The summed E-state index contributed by atoms with van der Waals surface area (Å²) >= 11 is 0. The number of amides is 2. The normalized spacial score (nSPS) is 21.3. The fraction of sp³-hybridized carbons (Fsp3) is 0.625. The van der Waals surface area contributed by atoms with Crippen molar-refractivity contribution in [3.8, 4) is 0 Å². The summed E-state index contributed by atoms with van der Waals surface area (Å²) in [6.07, 6.45) is -1.83. The number of alkyl halides is 3. The summed E-state index contributed by atoms with van der Waals surface area (Å²) in [5.74, 6) is -1.10. The van der Waals surface area contributed by atoms with Crippen molar-refractivity contribution in [1.82, 2.24) is 20.2 Å². The number of hydrogen-bond donors (Lipinski definition) is 1. The third-order valence-electron chi connectivity index (χ3n) is 4.23. The number of rotatable bonds is 3. The maximum atomic E-state index is 13.1. The van der Waals surface area contributed by atoms with E-state index >= 15 is 0 Å². The average Bonchev–Trinajstić information content (AvgIpc) is 2.53. The summed E-state index contributed by atoms with van der Waals surface area (Å²) in [6, 6.07) is -2.35. The molecule has 0 unspecified atom stereocenters. The van der Waals surface area contributed by atoms with Crippen LogP contribution in [0.25, 0.3) is 0 Å². The second-order valence-corrected chi connectivity index (χ2v) is 6.45. The first-order valence-corrected chi connectivity index (χ1v) is 8.06. The minimum atomic E-state index is -4.47. The fourth-order valence-corrected chi connectivity index (χ4v) is 3.01. The Morgan fingerprint density at radius 1 is 1.32 bits per heavy atom. The molecule has 0 bridgehead atoms. The minimum absolute atomic E-state index is 0.00145. The highest BCUT2D eigenvalue weighted by Crippen LogP contribution is 2.32. The van der Waals surface area contributed by atoms with Crippen molar-refractivity contribution in [2.45, 2.75) is 57.8 Å². The Morgan fingerprint density at radius 2 is 2.00 bits per heavy atom. The van der Waals surface area contributed by atoms with Gasteiger partial charge in [-0.05, 0) is 18.8 Å². The molecule has 0 aliphatic carbocycles. The van der Waals surface area contributed by atoms with E-state index in [0.29, 0.717) is 11.3 Å². The van der Waals surface area contributed by atoms with Gasteiger partial charge in [-0.2, -0.15) is 13.2 Å². The molecule has 2 rings (SSSR count). The van der Waals surface area contributed by atoms with E-state index in [1.165, 1.54) is 12.5 Å². The maximum absolute atomic E-state index is 13.1. The summed E-state index contributed by atoms with van der Waals surface area (Å²) in [5, 5.41) is 2.71. The van der Waals surface area contributed by atoms with Crippen molar-refractivity contribution in [3.05, 3.63) is 23.8 Å². The largest absolute Gasteiger partial charge is 0.408 e.